The zero-order valence-electron chi connectivity index (χ0n) is 20.2. The number of rotatable bonds is 9. The van der Waals surface area contributed by atoms with Gasteiger partial charge in [0.05, 0.1) is 23.9 Å². The van der Waals surface area contributed by atoms with E-state index in [0.717, 1.165) is 11.3 Å². The first kappa shape index (κ1) is 24.5. The van der Waals surface area contributed by atoms with E-state index >= 15 is 0 Å². The van der Waals surface area contributed by atoms with E-state index in [0.29, 0.717) is 28.5 Å². The van der Waals surface area contributed by atoms with Crippen LogP contribution in [0.4, 0.5) is 5.69 Å². The highest BCUT2D eigenvalue weighted by molar-refractivity contribution is 5.98. The number of carbonyl (C=O) groups is 2. The van der Waals surface area contributed by atoms with E-state index in [1.807, 2.05) is 19.9 Å². The van der Waals surface area contributed by atoms with Crippen molar-refractivity contribution in [3.63, 3.8) is 0 Å². The molecule has 0 saturated heterocycles. The van der Waals surface area contributed by atoms with Crippen LogP contribution in [0.3, 0.4) is 0 Å². The van der Waals surface area contributed by atoms with Crippen molar-refractivity contribution >= 4 is 17.6 Å². The van der Waals surface area contributed by atoms with E-state index in [1.54, 1.807) is 79.9 Å². The van der Waals surface area contributed by atoms with E-state index in [-0.39, 0.29) is 12.2 Å². The van der Waals surface area contributed by atoms with Gasteiger partial charge < -0.3 is 24.1 Å². The Morgan fingerprint density at radius 2 is 1.69 bits per heavy atom. The molecule has 1 unspecified atom stereocenters. The molecule has 1 heterocycles. The van der Waals surface area contributed by atoms with Crippen molar-refractivity contribution in [3.8, 4) is 11.5 Å². The molecule has 8 heteroatoms. The van der Waals surface area contributed by atoms with Gasteiger partial charge in [-0.3, -0.25) is 4.79 Å². The van der Waals surface area contributed by atoms with Crippen LogP contribution < -0.4 is 14.8 Å². The first-order valence-electron chi connectivity index (χ1n) is 11.3. The maximum Gasteiger partial charge on any atom is 0.339 e. The van der Waals surface area contributed by atoms with E-state index in [9.17, 15) is 9.59 Å². The van der Waals surface area contributed by atoms with Gasteiger partial charge in [-0.2, -0.15) is 0 Å². The van der Waals surface area contributed by atoms with Gasteiger partial charge in [0.25, 0.3) is 5.91 Å². The van der Waals surface area contributed by atoms with Crippen molar-refractivity contribution < 1.29 is 28.3 Å². The molecule has 36 heavy (non-hydrogen) atoms. The quantitative estimate of drug-likeness (QED) is 0.316. The third-order valence-electron chi connectivity index (χ3n) is 5.56. The van der Waals surface area contributed by atoms with Gasteiger partial charge in [-0.05, 0) is 56.3 Å². The second-order valence-electron chi connectivity index (χ2n) is 8.03. The molecule has 1 N–H and O–H groups in total. The smallest absolute Gasteiger partial charge is 0.339 e. The average Bonchev–Trinajstić information content (AvgIpc) is 3.23. The molecule has 1 atom stereocenters. The fraction of sp³-hybridized carbons (Fsp3) is 0.179. The molecule has 0 radical (unpaired) electrons. The van der Waals surface area contributed by atoms with Crippen LogP contribution in [0.2, 0.25) is 0 Å². The van der Waals surface area contributed by atoms with Gasteiger partial charge in [0.2, 0.25) is 6.10 Å². The van der Waals surface area contributed by atoms with E-state index in [2.05, 4.69) is 10.5 Å². The first-order chi connectivity index (χ1) is 17.4. The molecule has 0 fully saturated rings. The molecule has 0 saturated carbocycles. The molecular weight excluding hydrogens is 460 g/mol. The SMILES string of the molecule is COc1ccc(NC(=O)C(OC(=O)c2cccc(OCc3c(C)noc3C)c2)c2ccccc2)cc1. The Morgan fingerprint density at radius 1 is 0.944 bits per heavy atom. The van der Waals surface area contributed by atoms with Crippen LogP contribution in [0.5, 0.6) is 11.5 Å². The molecule has 0 aliphatic carbocycles. The van der Waals surface area contributed by atoms with Gasteiger partial charge in [0, 0.05) is 11.3 Å². The summed E-state index contributed by atoms with van der Waals surface area (Å²) in [4.78, 5) is 26.2. The van der Waals surface area contributed by atoms with Crippen LogP contribution in [0.1, 0.15) is 39.0 Å². The predicted octanol–water partition coefficient (Wildman–Crippen LogP) is 5.42. The number of aromatic nitrogens is 1. The topological polar surface area (TPSA) is 99.9 Å². The van der Waals surface area contributed by atoms with Crippen molar-refractivity contribution in [1.82, 2.24) is 5.16 Å². The molecule has 1 amide bonds. The van der Waals surface area contributed by atoms with E-state index < -0.39 is 18.0 Å². The summed E-state index contributed by atoms with van der Waals surface area (Å²) in [5, 5.41) is 6.71. The highest BCUT2D eigenvalue weighted by atomic mass is 16.5. The van der Waals surface area contributed by atoms with Gasteiger partial charge >= 0.3 is 5.97 Å². The number of methoxy groups -OCH3 is 1. The Bertz CT molecular complexity index is 1310. The maximum atomic E-state index is 13.1. The summed E-state index contributed by atoms with van der Waals surface area (Å²) in [6, 6.07) is 22.3. The number of benzene rings is 3. The Hall–Kier alpha value is -4.59. The lowest BCUT2D eigenvalue weighted by atomic mass is 10.1. The minimum absolute atomic E-state index is 0.247. The summed E-state index contributed by atoms with van der Waals surface area (Å²) in [7, 11) is 1.56. The summed E-state index contributed by atoms with van der Waals surface area (Å²) in [6.45, 7) is 3.90. The number of carbonyl (C=O) groups excluding carboxylic acids is 2. The summed E-state index contributed by atoms with van der Waals surface area (Å²) < 4.78 is 21.8. The third kappa shape index (κ3) is 5.90. The Kier molecular flexibility index (Phi) is 7.65. The molecule has 0 bridgehead atoms. The Balaban J connectivity index is 1.49. The number of hydrogen-bond acceptors (Lipinski definition) is 7. The molecule has 0 spiro atoms. The van der Waals surface area contributed by atoms with E-state index in [4.69, 9.17) is 18.7 Å². The number of anilines is 1. The Morgan fingerprint density at radius 3 is 2.36 bits per heavy atom. The molecule has 1 aromatic heterocycles. The van der Waals surface area contributed by atoms with Crippen LogP contribution >= 0.6 is 0 Å². The monoisotopic (exact) mass is 486 g/mol. The molecule has 3 aromatic carbocycles. The van der Waals surface area contributed by atoms with Crippen molar-refractivity contribution in [2.45, 2.75) is 26.6 Å². The first-order valence-corrected chi connectivity index (χ1v) is 11.3. The van der Waals surface area contributed by atoms with Crippen LogP contribution in [0.15, 0.2) is 83.4 Å². The number of nitrogens with zero attached hydrogens (tertiary/aromatic N) is 1. The largest absolute Gasteiger partial charge is 0.497 e. The number of ether oxygens (including phenoxy) is 3. The summed E-state index contributed by atoms with van der Waals surface area (Å²) in [5.41, 5.74) is 2.94. The zero-order valence-corrected chi connectivity index (χ0v) is 20.2. The van der Waals surface area contributed by atoms with Gasteiger partial charge in [0.1, 0.15) is 23.9 Å². The normalized spacial score (nSPS) is 11.4. The lowest BCUT2D eigenvalue weighted by Gasteiger charge is -2.18. The number of esters is 1. The molecule has 4 rings (SSSR count). The zero-order chi connectivity index (χ0) is 25.5. The minimum atomic E-state index is -1.16. The standard InChI is InChI=1S/C28H26N2O6/c1-18-25(19(2)36-30-18)17-34-24-11-7-10-21(16-24)28(32)35-26(20-8-5-4-6-9-20)27(31)29-22-12-14-23(33-3)15-13-22/h4-16,26H,17H2,1-3H3,(H,29,31). The molecule has 0 aliphatic heterocycles. The van der Waals surface area contributed by atoms with Crippen LogP contribution in [0.25, 0.3) is 0 Å². The van der Waals surface area contributed by atoms with Crippen LogP contribution in [-0.4, -0.2) is 24.1 Å². The Labute approximate surface area is 208 Å². The number of nitrogens with one attached hydrogen (secondary N) is 1. The lowest BCUT2D eigenvalue weighted by Crippen LogP contribution is -2.26. The highest BCUT2D eigenvalue weighted by Crippen LogP contribution is 2.24. The van der Waals surface area contributed by atoms with Crippen molar-refractivity contribution in [1.29, 1.82) is 0 Å². The summed E-state index contributed by atoms with van der Waals surface area (Å²) in [5.74, 6) is 0.678. The molecule has 0 aliphatic rings. The van der Waals surface area contributed by atoms with Crippen molar-refractivity contribution in [3.05, 3.63) is 107 Å². The number of amides is 1. The van der Waals surface area contributed by atoms with E-state index in [1.165, 1.54) is 0 Å². The molecule has 4 aromatic rings. The fourth-order valence-electron chi connectivity index (χ4n) is 3.53. The second kappa shape index (κ2) is 11.2. The van der Waals surface area contributed by atoms with Gasteiger partial charge in [-0.15, -0.1) is 0 Å². The van der Waals surface area contributed by atoms with Gasteiger partial charge in [-0.25, -0.2) is 4.79 Å². The number of aryl methyl sites for hydroxylation is 2. The minimum Gasteiger partial charge on any atom is -0.497 e. The summed E-state index contributed by atoms with van der Waals surface area (Å²) >= 11 is 0. The molecular formula is C28H26N2O6. The lowest BCUT2D eigenvalue weighted by molar-refractivity contribution is -0.125. The van der Waals surface area contributed by atoms with Crippen molar-refractivity contribution in [2.24, 2.45) is 0 Å². The number of hydrogen-bond donors (Lipinski definition) is 1. The fourth-order valence-corrected chi connectivity index (χ4v) is 3.53. The third-order valence-corrected chi connectivity index (χ3v) is 5.56. The highest BCUT2D eigenvalue weighted by Gasteiger charge is 2.26. The van der Waals surface area contributed by atoms with Crippen molar-refractivity contribution in [2.75, 3.05) is 12.4 Å². The average molecular weight is 487 g/mol. The van der Waals surface area contributed by atoms with Gasteiger partial charge in [0.15, 0.2) is 0 Å². The maximum absolute atomic E-state index is 13.1. The summed E-state index contributed by atoms with van der Waals surface area (Å²) in [6.07, 6.45) is -1.16. The second-order valence-corrected chi connectivity index (χ2v) is 8.03. The molecule has 8 nitrogen and oxygen atoms in total. The predicted molar refractivity (Wildman–Crippen MR) is 133 cm³/mol. The van der Waals surface area contributed by atoms with Crippen LogP contribution in [-0.2, 0) is 16.1 Å². The van der Waals surface area contributed by atoms with Crippen LogP contribution in [0, 0.1) is 13.8 Å². The molecule has 184 valence electrons. The van der Waals surface area contributed by atoms with Gasteiger partial charge in [-0.1, -0.05) is 41.6 Å².